The first-order valence-electron chi connectivity index (χ1n) is 9.49. The summed E-state index contributed by atoms with van der Waals surface area (Å²) in [4.78, 5) is 7.17. The molecule has 3 heterocycles. The van der Waals surface area contributed by atoms with Gasteiger partial charge in [0.25, 0.3) is 0 Å². The van der Waals surface area contributed by atoms with Crippen LogP contribution in [0.3, 0.4) is 0 Å². The van der Waals surface area contributed by atoms with Crippen LogP contribution >= 0.6 is 0 Å². The normalized spacial score (nSPS) is 16.4. The molecule has 1 saturated heterocycles. The first kappa shape index (κ1) is 17.2. The van der Waals surface area contributed by atoms with Crippen molar-refractivity contribution in [3.8, 4) is 0 Å². The third kappa shape index (κ3) is 3.64. The van der Waals surface area contributed by atoms with Gasteiger partial charge in [-0.1, -0.05) is 30.3 Å². The van der Waals surface area contributed by atoms with Crippen LogP contribution in [0.4, 0.5) is 0 Å². The number of aryl methyl sites for hydroxylation is 2. The molecule has 0 aliphatic carbocycles. The summed E-state index contributed by atoms with van der Waals surface area (Å²) in [5.41, 5.74) is 4.54. The number of hydrogen-bond donors (Lipinski definition) is 1. The summed E-state index contributed by atoms with van der Waals surface area (Å²) in [7, 11) is 1.95. The van der Waals surface area contributed by atoms with E-state index in [1.165, 1.54) is 37.1 Å². The monoisotopic (exact) mass is 349 g/mol. The van der Waals surface area contributed by atoms with E-state index in [0.29, 0.717) is 6.04 Å². The van der Waals surface area contributed by atoms with Gasteiger partial charge in [0.1, 0.15) is 0 Å². The molecule has 0 amide bonds. The molecule has 136 valence electrons. The van der Waals surface area contributed by atoms with Crippen LogP contribution in [0.25, 0.3) is 11.0 Å². The lowest BCUT2D eigenvalue weighted by molar-refractivity contribution is 0.291. The molecule has 0 unspecified atom stereocenters. The van der Waals surface area contributed by atoms with E-state index in [4.69, 9.17) is 0 Å². The summed E-state index contributed by atoms with van der Waals surface area (Å²) in [6.07, 6.45) is 4.61. The summed E-state index contributed by atoms with van der Waals surface area (Å²) in [5.74, 6) is 0. The van der Waals surface area contributed by atoms with Crippen LogP contribution in [0.1, 0.15) is 35.7 Å². The zero-order chi connectivity index (χ0) is 17.9. The smallest absolute Gasteiger partial charge is 0.157 e. The summed E-state index contributed by atoms with van der Waals surface area (Å²) in [5, 5.41) is 9.37. The maximum Gasteiger partial charge on any atom is 0.157 e. The van der Waals surface area contributed by atoms with Crippen LogP contribution in [-0.4, -0.2) is 39.3 Å². The number of fused-ring (bicyclic) bond motifs is 1. The van der Waals surface area contributed by atoms with Gasteiger partial charge in [0.2, 0.25) is 0 Å². The third-order valence-electron chi connectivity index (χ3n) is 5.31. The van der Waals surface area contributed by atoms with Crippen molar-refractivity contribution in [3.63, 3.8) is 0 Å². The number of benzene rings is 1. The van der Waals surface area contributed by atoms with Gasteiger partial charge < -0.3 is 10.2 Å². The molecule has 0 spiro atoms. The Bertz CT molecular complexity index is 865. The van der Waals surface area contributed by atoms with Crippen molar-refractivity contribution in [2.75, 3.05) is 19.6 Å². The number of hydrogen-bond acceptors (Lipinski definition) is 4. The minimum Gasteiger partial charge on any atom is -0.305 e. The molecular formula is C21H27N5. The van der Waals surface area contributed by atoms with Gasteiger partial charge >= 0.3 is 0 Å². The molecule has 26 heavy (non-hydrogen) atoms. The number of nitrogens with zero attached hydrogens (tertiary/aromatic N) is 4. The van der Waals surface area contributed by atoms with Crippen LogP contribution in [-0.2, 0) is 13.6 Å². The summed E-state index contributed by atoms with van der Waals surface area (Å²) >= 11 is 0. The van der Waals surface area contributed by atoms with E-state index in [-0.39, 0.29) is 0 Å². The third-order valence-corrected chi connectivity index (χ3v) is 5.31. The van der Waals surface area contributed by atoms with Crippen molar-refractivity contribution >= 4 is 11.0 Å². The van der Waals surface area contributed by atoms with Crippen molar-refractivity contribution in [1.82, 2.24) is 25.0 Å². The average molecular weight is 349 g/mol. The maximum atomic E-state index is 4.61. The Balaban J connectivity index is 1.51. The fourth-order valence-electron chi connectivity index (χ4n) is 3.89. The molecule has 2 aromatic heterocycles. The largest absolute Gasteiger partial charge is 0.305 e. The first-order chi connectivity index (χ1) is 12.7. The van der Waals surface area contributed by atoms with E-state index >= 15 is 0 Å². The van der Waals surface area contributed by atoms with E-state index in [9.17, 15) is 0 Å². The van der Waals surface area contributed by atoms with Gasteiger partial charge in [-0.15, -0.1) is 0 Å². The maximum absolute atomic E-state index is 4.61. The van der Waals surface area contributed by atoms with Gasteiger partial charge in [-0.05, 0) is 50.0 Å². The minimum absolute atomic E-state index is 0.333. The topological polar surface area (TPSA) is 46.0 Å². The van der Waals surface area contributed by atoms with E-state index in [1.807, 2.05) is 24.9 Å². The van der Waals surface area contributed by atoms with Crippen LogP contribution < -0.4 is 5.32 Å². The molecule has 1 aliphatic rings. The lowest BCUT2D eigenvalue weighted by Gasteiger charge is -2.25. The number of rotatable bonds is 6. The number of likely N-dealkylation sites (tertiary alicyclic amines) is 1. The Morgan fingerprint density at radius 1 is 1.15 bits per heavy atom. The van der Waals surface area contributed by atoms with Gasteiger partial charge in [0.15, 0.2) is 5.65 Å². The van der Waals surface area contributed by atoms with E-state index in [0.717, 1.165) is 29.8 Å². The quantitative estimate of drug-likeness (QED) is 0.742. The summed E-state index contributed by atoms with van der Waals surface area (Å²) < 4.78 is 1.85. The highest BCUT2D eigenvalue weighted by atomic mass is 15.3. The van der Waals surface area contributed by atoms with Gasteiger partial charge in [0.05, 0.1) is 5.69 Å². The molecule has 1 aromatic carbocycles. The van der Waals surface area contributed by atoms with Crippen molar-refractivity contribution in [1.29, 1.82) is 0 Å². The Kier molecular flexibility index (Phi) is 5.00. The molecule has 4 rings (SSSR count). The SMILES string of the molecule is Cc1nn(C)c2ncc(CN[C@H](CN3CCCC3)c3ccccc3)cc12. The number of pyridine rings is 1. The first-order valence-corrected chi connectivity index (χ1v) is 9.49. The Labute approximate surface area is 155 Å². The molecule has 1 aliphatic heterocycles. The second-order valence-corrected chi connectivity index (χ2v) is 7.28. The minimum atomic E-state index is 0.333. The van der Waals surface area contributed by atoms with Crippen LogP contribution in [0.15, 0.2) is 42.6 Å². The van der Waals surface area contributed by atoms with E-state index < -0.39 is 0 Å². The van der Waals surface area contributed by atoms with Crippen LogP contribution in [0, 0.1) is 6.92 Å². The van der Waals surface area contributed by atoms with Crippen molar-refractivity contribution in [2.24, 2.45) is 7.05 Å². The van der Waals surface area contributed by atoms with E-state index in [2.05, 4.69) is 56.7 Å². The lowest BCUT2D eigenvalue weighted by Crippen LogP contribution is -2.33. The van der Waals surface area contributed by atoms with Gasteiger partial charge in [-0.2, -0.15) is 5.10 Å². The Morgan fingerprint density at radius 2 is 1.92 bits per heavy atom. The van der Waals surface area contributed by atoms with Crippen molar-refractivity contribution in [2.45, 2.75) is 32.4 Å². The number of nitrogens with one attached hydrogen (secondary N) is 1. The zero-order valence-electron chi connectivity index (χ0n) is 15.7. The highest BCUT2D eigenvalue weighted by Gasteiger charge is 2.19. The summed E-state index contributed by atoms with van der Waals surface area (Å²) in [6.45, 7) is 6.35. The molecule has 0 radical (unpaired) electrons. The summed E-state index contributed by atoms with van der Waals surface area (Å²) in [6, 6.07) is 13.3. The zero-order valence-corrected chi connectivity index (χ0v) is 15.7. The molecule has 5 nitrogen and oxygen atoms in total. The predicted molar refractivity (Wildman–Crippen MR) is 105 cm³/mol. The second-order valence-electron chi connectivity index (χ2n) is 7.28. The molecule has 1 N–H and O–H groups in total. The predicted octanol–water partition coefficient (Wildman–Crippen LogP) is 3.20. The second kappa shape index (κ2) is 7.56. The molecule has 0 saturated carbocycles. The fourth-order valence-corrected chi connectivity index (χ4v) is 3.89. The standard InChI is InChI=1S/C21H27N5/c1-16-19-12-17(14-23-21(19)25(2)24-16)13-22-20(15-26-10-6-7-11-26)18-8-4-3-5-9-18/h3-5,8-9,12,14,20,22H,6-7,10-11,13,15H2,1-2H3/t20-/m1/s1. The highest BCUT2D eigenvalue weighted by molar-refractivity contribution is 5.78. The molecular weight excluding hydrogens is 322 g/mol. The molecule has 5 heteroatoms. The van der Waals surface area contributed by atoms with Gasteiger partial charge in [-0.3, -0.25) is 4.68 Å². The Hall–Kier alpha value is -2.24. The van der Waals surface area contributed by atoms with Crippen LogP contribution in [0.5, 0.6) is 0 Å². The number of aromatic nitrogens is 3. The van der Waals surface area contributed by atoms with Gasteiger partial charge in [0, 0.05) is 37.8 Å². The molecule has 1 fully saturated rings. The molecule has 3 aromatic rings. The van der Waals surface area contributed by atoms with Gasteiger partial charge in [-0.25, -0.2) is 4.98 Å². The molecule has 1 atom stereocenters. The Morgan fingerprint density at radius 3 is 2.69 bits per heavy atom. The van der Waals surface area contributed by atoms with Crippen LogP contribution in [0.2, 0.25) is 0 Å². The van der Waals surface area contributed by atoms with Crippen molar-refractivity contribution in [3.05, 3.63) is 59.4 Å². The lowest BCUT2D eigenvalue weighted by atomic mass is 10.1. The van der Waals surface area contributed by atoms with E-state index in [1.54, 1.807) is 0 Å². The highest BCUT2D eigenvalue weighted by Crippen LogP contribution is 2.20. The average Bonchev–Trinajstić information content (AvgIpc) is 3.27. The van der Waals surface area contributed by atoms with Crippen molar-refractivity contribution < 1.29 is 0 Å². The molecule has 0 bridgehead atoms. The fraction of sp³-hybridized carbons (Fsp3) is 0.429.